The third-order valence-corrected chi connectivity index (χ3v) is 3.76. The molecule has 2 aliphatic carbocycles. The molecule has 1 fully saturated rings. The summed E-state index contributed by atoms with van der Waals surface area (Å²) < 4.78 is 0. The van der Waals surface area contributed by atoms with Crippen LogP contribution in [0.4, 0.5) is 0 Å². The van der Waals surface area contributed by atoms with E-state index in [9.17, 15) is 4.79 Å². The number of allylic oxidation sites excluding steroid dienone is 2. The number of rotatable bonds is 1. The molecule has 2 heteroatoms. The van der Waals surface area contributed by atoms with Crippen LogP contribution in [-0.4, -0.2) is 5.24 Å². The summed E-state index contributed by atoms with van der Waals surface area (Å²) in [6.07, 6.45) is 6.32. The Kier molecular flexibility index (Phi) is 1.80. The number of carbonyl (C=O) groups excluding carboxylic acids is 1. The van der Waals surface area contributed by atoms with Crippen molar-refractivity contribution in [3.8, 4) is 0 Å². The molecule has 0 amide bonds. The van der Waals surface area contributed by atoms with Gasteiger partial charge in [-0.2, -0.15) is 0 Å². The highest BCUT2D eigenvalue weighted by Crippen LogP contribution is 2.54. The van der Waals surface area contributed by atoms with Gasteiger partial charge in [-0.1, -0.05) is 18.6 Å². The van der Waals surface area contributed by atoms with Gasteiger partial charge in [-0.05, 0) is 43.2 Å². The smallest absolute Gasteiger partial charge is 0.231 e. The maximum absolute atomic E-state index is 11.3. The van der Waals surface area contributed by atoms with Crippen LogP contribution >= 0.6 is 11.6 Å². The Morgan fingerprint density at radius 1 is 1.67 bits per heavy atom. The lowest BCUT2D eigenvalue weighted by molar-refractivity contribution is -0.118. The normalized spacial score (nSPS) is 39.5. The molecule has 2 atom stereocenters. The fourth-order valence-corrected chi connectivity index (χ4v) is 2.98. The first kappa shape index (κ1) is 8.31. The molecule has 0 radical (unpaired) electrons. The first-order valence-corrected chi connectivity index (χ1v) is 4.95. The van der Waals surface area contributed by atoms with Crippen molar-refractivity contribution in [1.82, 2.24) is 0 Å². The summed E-state index contributed by atoms with van der Waals surface area (Å²) >= 11 is 5.66. The van der Waals surface area contributed by atoms with Gasteiger partial charge in [-0.15, -0.1) is 0 Å². The van der Waals surface area contributed by atoms with Crippen LogP contribution in [-0.2, 0) is 4.79 Å². The predicted octanol–water partition coefficient (Wildman–Crippen LogP) is 2.89. The van der Waals surface area contributed by atoms with Gasteiger partial charge in [0, 0.05) is 0 Å². The van der Waals surface area contributed by atoms with Gasteiger partial charge in [0.15, 0.2) is 0 Å². The standard InChI is InChI=1S/C10H13ClO/c1-7-4-6-10(9(11)12)5-2-3-8(7)10/h3,7H,2,4-6H2,1H3/t7-,10-/m1/s1. The van der Waals surface area contributed by atoms with E-state index in [1.165, 1.54) is 5.57 Å². The van der Waals surface area contributed by atoms with E-state index in [4.69, 9.17) is 11.6 Å². The van der Waals surface area contributed by atoms with Crippen LogP contribution < -0.4 is 0 Å². The summed E-state index contributed by atoms with van der Waals surface area (Å²) in [6, 6.07) is 0. The minimum absolute atomic E-state index is 0.129. The summed E-state index contributed by atoms with van der Waals surface area (Å²) in [5.41, 5.74) is 1.09. The van der Waals surface area contributed by atoms with Crippen LogP contribution in [0.2, 0.25) is 0 Å². The molecule has 0 spiro atoms. The van der Waals surface area contributed by atoms with Crippen LogP contribution in [0.5, 0.6) is 0 Å². The van der Waals surface area contributed by atoms with Crippen molar-refractivity contribution >= 4 is 16.8 Å². The summed E-state index contributed by atoms with van der Waals surface area (Å²) in [7, 11) is 0. The molecule has 1 saturated carbocycles. The zero-order valence-corrected chi connectivity index (χ0v) is 8.03. The lowest BCUT2D eigenvalue weighted by Gasteiger charge is -2.21. The van der Waals surface area contributed by atoms with Gasteiger partial charge >= 0.3 is 0 Å². The lowest BCUT2D eigenvalue weighted by atomic mass is 9.83. The molecule has 2 rings (SSSR count). The maximum atomic E-state index is 11.3. The zero-order valence-electron chi connectivity index (χ0n) is 7.27. The zero-order chi connectivity index (χ0) is 8.77. The third-order valence-electron chi connectivity index (χ3n) is 3.40. The number of hydrogen-bond acceptors (Lipinski definition) is 1. The van der Waals surface area contributed by atoms with E-state index in [0.29, 0.717) is 5.92 Å². The second-order valence-corrected chi connectivity index (χ2v) is 4.34. The average Bonchev–Trinajstić information content (AvgIpc) is 2.53. The van der Waals surface area contributed by atoms with Crippen molar-refractivity contribution in [2.24, 2.45) is 11.3 Å². The topological polar surface area (TPSA) is 17.1 Å². The van der Waals surface area contributed by atoms with Gasteiger partial charge in [0.2, 0.25) is 5.24 Å². The second kappa shape index (κ2) is 2.59. The number of fused-ring (bicyclic) bond motifs is 1. The van der Waals surface area contributed by atoms with E-state index in [1.807, 2.05) is 0 Å². The van der Waals surface area contributed by atoms with Crippen molar-refractivity contribution < 1.29 is 4.79 Å². The molecule has 1 nitrogen and oxygen atoms in total. The third kappa shape index (κ3) is 0.891. The van der Waals surface area contributed by atoms with Gasteiger partial charge in [0.25, 0.3) is 0 Å². The van der Waals surface area contributed by atoms with Crippen LogP contribution in [0.3, 0.4) is 0 Å². The molecule has 2 aliphatic rings. The maximum Gasteiger partial charge on any atom is 0.231 e. The molecule has 0 N–H and O–H groups in total. The predicted molar refractivity (Wildman–Crippen MR) is 49.0 cm³/mol. The van der Waals surface area contributed by atoms with Crippen LogP contribution in [0, 0.1) is 11.3 Å². The van der Waals surface area contributed by atoms with E-state index in [2.05, 4.69) is 13.0 Å². The minimum atomic E-state index is -0.235. The molecule has 0 unspecified atom stereocenters. The van der Waals surface area contributed by atoms with Gasteiger partial charge in [-0.3, -0.25) is 4.79 Å². The highest BCUT2D eigenvalue weighted by Gasteiger charge is 2.48. The van der Waals surface area contributed by atoms with Gasteiger partial charge in [-0.25, -0.2) is 0 Å². The fraction of sp³-hybridized carbons (Fsp3) is 0.700. The van der Waals surface area contributed by atoms with Crippen molar-refractivity contribution in [3.63, 3.8) is 0 Å². The SMILES string of the molecule is C[C@@H]1CC[C@]2(C(=O)Cl)CCC=C12. The van der Waals surface area contributed by atoms with Crippen molar-refractivity contribution in [3.05, 3.63) is 11.6 Å². The van der Waals surface area contributed by atoms with Gasteiger partial charge in [0.05, 0.1) is 5.41 Å². The largest absolute Gasteiger partial charge is 0.280 e. The van der Waals surface area contributed by atoms with E-state index < -0.39 is 0 Å². The molecule has 0 aromatic heterocycles. The molecule has 66 valence electrons. The first-order valence-electron chi connectivity index (χ1n) is 4.57. The summed E-state index contributed by atoms with van der Waals surface area (Å²) in [5, 5.41) is -0.129. The Morgan fingerprint density at radius 2 is 2.42 bits per heavy atom. The number of hydrogen-bond donors (Lipinski definition) is 0. The Morgan fingerprint density at radius 3 is 3.00 bits per heavy atom. The minimum Gasteiger partial charge on any atom is -0.280 e. The Bertz CT molecular complexity index is 257. The Hall–Kier alpha value is -0.300. The van der Waals surface area contributed by atoms with Crippen LogP contribution in [0.1, 0.15) is 32.6 Å². The van der Waals surface area contributed by atoms with Gasteiger partial charge < -0.3 is 0 Å². The van der Waals surface area contributed by atoms with Gasteiger partial charge in [0.1, 0.15) is 0 Å². The molecular formula is C10H13ClO. The molecule has 0 aromatic rings. The molecule has 0 saturated heterocycles. The number of halogens is 1. The van der Waals surface area contributed by atoms with Crippen molar-refractivity contribution in [2.45, 2.75) is 32.6 Å². The molecule has 0 heterocycles. The van der Waals surface area contributed by atoms with E-state index in [1.54, 1.807) is 0 Å². The van der Waals surface area contributed by atoms with E-state index in [-0.39, 0.29) is 10.7 Å². The monoisotopic (exact) mass is 184 g/mol. The van der Waals surface area contributed by atoms with Crippen LogP contribution in [0.25, 0.3) is 0 Å². The quantitative estimate of drug-likeness (QED) is 0.453. The Labute approximate surface area is 77.8 Å². The summed E-state index contributed by atoms with van der Waals surface area (Å²) in [4.78, 5) is 11.3. The lowest BCUT2D eigenvalue weighted by Crippen LogP contribution is -2.23. The van der Waals surface area contributed by atoms with Crippen LogP contribution in [0.15, 0.2) is 11.6 Å². The molecule has 0 aromatic carbocycles. The van der Waals surface area contributed by atoms with Crippen molar-refractivity contribution in [1.29, 1.82) is 0 Å². The average molecular weight is 185 g/mol. The Balaban J connectivity index is 2.38. The fourth-order valence-electron chi connectivity index (χ4n) is 2.68. The molecule has 0 aliphatic heterocycles. The first-order chi connectivity index (χ1) is 5.67. The second-order valence-electron chi connectivity index (χ2n) is 3.99. The summed E-state index contributed by atoms with van der Waals surface area (Å²) in [5.74, 6) is 0.579. The highest BCUT2D eigenvalue weighted by molar-refractivity contribution is 6.65. The van der Waals surface area contributed by atoms with Crippen molar-refractivity contribution in [2.75, 3.05) is 0 Å². The molecule has 12 heavy (non-hydrogen) atoms. The molecular weight excluding hydrogens is 172 g/mol. The van der Waals surface area contributed by atoms with E-state index >= 15 is 0 Å². The highest BCUT2D eigenvalue weighted by atomic mass is 35.5. The molecule has 0 bridgehead atoms. The van der Waals surface area contributed by atoms with E-state index in [0.717, 1.165) is 25.7 Å². The summed E-state index contributed by atoms with van der Waals surface area (Å²) in [6.45, 7) is 2.19. The number of carbonyl (C=O) groups is 1.